The summed E-state index contributed by atoms with van der Waals surface area (Å²) in [5.74, 6) is 0. The number of unbranched alkanes of at least 4 members (excludes halogenated alkanes) is 10. The van der Waals surface area contributed by atoms with Crippen LogP contribution in [0.5, 0.6) is 0 Å². The van der Waals surface area contributed by atoms with Crippen molar-refractivity contribution >= 4 is 24.3 Å². The molecule has 1 nitrogen and oxygen atoms in total. The Kier molecular flexibility index (Phi) is 16.5. The molecular formula is C50H66NP. The molecule has 0 aliphatic rings. The summed E-state index contributed by atoms with van der Waals surface area (Å²) in [6, 6.07) is 49.5. The van der Waals surface area contributed by atoms with Gasteiger partial charge >= 0.3 is 313 Å². The molecule has 5 aromatic rings. The molecule has 276 valence electrons. The maximum atomic E-state index is 2.59. The van der Waals surface area contributed by atoms with Crippen molar-refractivity contribution < 1.29 is 0 Å². The van der Waals surface area contributed by atoms with Gasteiger partial charge in [0, 0.05) is 0 Å². The summed E-state index contributed by atoms with van der Waals surface area (Å²) in [6.45, 7) is 7.05. The summed E-state index contributed by atoms with van der Waals surface area (Å²) < 4.78 is 0. The number of hydrogen-bond donors (Lipinski definition) is 0. The molecule has 0 aliphatic carbocycles. The number of rotatable bonds is 23. The number of hydrogen-bond acceptors (Lipinski definition) is 1. The Labute approximate surface area is 318 Å². The second-order valence-electron chi connectivity index (χ2n) is 15.3. The zero-order valence-corrected chi connectivity index (χ0v) is 33.7. The molecule has 0 N–H and O–H groups in total. The molecule has 0 amide bonds. The van der Waals surface area contributed by atoms with E-state index in [9.17, 15) is 0 Å². The molecule has 5 rings (SSSR count). The zero-order valence-electron chi connectivity index (χ0n) is 32.7. The molecule has 0 saturated heterocycles. The van der Waals surface area contributed by atoms with Gasteiger partial charge in [-0.15, -0.1) is 0 Å². The molecular weight excluding hydrogens is 646 g/mol. The van der Waals surface area contributed by atoms with Crippen LogP contribution in [0.15, 0.2) is 133 Å². The number of nitrogens with zero attached hydrogens (tertiary/aromatic N) is 1. The van der Waals surface area contributed by atoms with Crippen molar-refractivity contribution in [3.8, 4) is 22.3 Å². The normalized spacial score (nSPS) is 11.8. The van der Waals surface area contributed by atoms with E-state index in [0.717, 1.165) is 0 Å². The van der Waals surface area contributed by atoms with E-state index in [4.69, 9.17) is 0 Å². The Morgan fingerprint density at radius 2 is 0.808 bits per heavy atom. The standard InChI is InChI=1S/C50H66NP/c1-4-7-10-13-25-40-52(38-23-11-8-5-2,39-24-12-9-6-3)42-46-41-49(36-37-50(46)45-28-19-15-20-29-45)51(47-30-21-16-22-31-47)48-34-32-44(33-35-48)43-26-17-14-18-27-43/h14-22,26-37,41,52H,4-13,23-25,38-40,42H2,1-3H3. The summed E-state index contributed by atoms with van der Waals surface area (Å²) in [7, 11) is -1.64. The predicted molar refractivity (Wildman–Crippen MR) is 236 cm³/mol. The average Bonchev–Trinajstić information content (AvgIpc) is 3.20. The van der Waals surface area contributed by atoms with E-state index in [2.05, 4.69) is 159 Å². The first-order chi connectivity index (χ1) is 25.7. The number of anilines is 3. The quantitative estimate of drug-likeness (QED) is 0.0482. The van der Waals surface area contributed by atoms with Gasteiger partial charge in [0.15, 0.2) is 0 Å². The zero-order chi connectivity index (χ0) is 36.3. The van der Waals surface area contributed by atoms with E-state index in [1.54, 1.807) is 5.56 Å². The summed E-state index contributed by atoms with van der Waals surface area (Å²) in [6.07, 6.45) is 23.6. The Hall–Kier alpha value is -3.67. The monoisotopic (exact) mass is 711 g/mol. The van der Waals surface area contributed by atoms with Crippen molar-refractivity contribution in [1.29, 1.82) is 0 Å². The van der Waals surface area contributed by atoms with Crippen LogP contribution >= 0.6 is 7.26 Å². The van der Waals surface area contributed by atoms with Gasteiger partial charge in [0.25, 0.3) is 0 Å². The van der Waals surface area contributed by atoms with E-state index in [-0.39, 0.29) is 0 Å². The SMILES string of the molecule is CCCCCCC[PH](CCCCCC)(CCCCCC)Cc1cc(N(c2ccccc2)c2ccc(-c3ccccc3)cc2)ccc1-c1ccccc1. The van der Waals surface area contributed by atoms with E-state index >= 15 is 0 Å². The Balaban J connectivity index is 1.58. The van der Waals surface area contributed by atoms with Crippen molar-refractivity contribution in [3.63, 3.8) is 0 Å². The van der Waals surface area contributed by atoms with Crippen LogP contribution in [0, 0.1) is 0 Å². The Bertz CT molecular complexity index is 1670. The fourth-order valence-electron chi connectivity index (χ4n) is 8.22. The molecule has 0 aromatic heterocycles. The first-order valence-corrected chi connectivity index (χ1v) is 23.7. The second-order valence-corrected chi connectivity index (χ2v) is 20.1. The summed E-state index contributed by atoms with van der Waals surface area (Å²) >= 11 is 0. The van der Waals surface area contributed by atoms with Crippen LogP contribution in [-0.4, -0.2) is 18.5 Å². The first-order valence-electron chi connectivity index (χ1n) is 20.9. The molecule has 0 atom stereocenters. The second kappa shape index (κ2) is 21.8. The fraction of sp³-hybridized carbons (Fsp3) is 0.400. The minimum atomic E-state index is -1.64. The Morgan fingerprint density at radius 3 is 1.35 bits per heavy atom. The molecule has 0 unspecified atom stereocenters. The van der Waals surface area contributed by atoms with Crippen LogP contribution in [0.4, 0.5) is 17.1 Å². The van der Waals surface area contributed by atoms with Crippen molar-refractivity contribution in [3.05, 3.63) is 139 Å². The van der Waals surface area contributed by atoms with Gasteiger partial charge in [0.1, 0.15) is 0 Å². The molecule has 0 radical (unpaired) electrons. The van der Waals surface area contributed by atoms with Gasteiger partial charge in [-0.1, -0.05) is 6.07 Å². The third kappa shape index (κ3) is 11.7. The van der Waals surface area contributed by atoms with Crippen molar-refractivity contribution in [1.82, 2.24) is 0 Å². The molecule has 5 aromatic carbocycles. The number of para-hydroxylation sites is 1. The third-order valence-electron chi connectivity index (χ3n) is 11.2. The van der Waals surface area contributed by atoms with Crippen molar-refractivity contribution in [2.45, 2.75) is 110 Å². The van der Waals surface area contributed by atoms with E-state index in [1.807, 2.05) is 0 Å². The van der Waals surface area contributed by atoms with Crippen molar-refractivity contribution in [2.24, 2.45) is 0 Å². The van der Waals surface area contributed by atoms with Gasteiger partial charge < -0.3 is 0 Å². The van der Waals surface area contributed by atoms with Crippen LogP contribution < -0.4 is 4.90 Å². The maximum absolute atomic E-state index is 2.59. The molecule has 0 fully saturated rings. The van der Waals surface area contributed by atoms with Crippen LogP contribution in [0.1, 0.15) is 110 Å². The molecule has 0 saturated carbocycles. The van der Waals surface area contributed by atoms with E-state index in [1.165, 1.54) is 147 Å². The summed E-state index contributed by atoms with van der Waals surface area (Å²) in [5.41, 5.74) is 10.5. The van der Waals surface area contributed by atoms with Gasteiger partial charge in [-0.3, -0.25) is 0 Å². The average molecular weight is 712 g/mol. The molecule has 0 heterocycles. The van der Waals surface area contributed by atoms with Gasteiger partial charge in [-0.25, -0.2) is 0 Å². The van der Waals surface area contributed by atoms with Crippen LogP contribution in [0.2, 0.25) is 0 Å². The van der Waals surface area contributed by atoms with E-state index in [0.29, 0.717) is 0 Å². The third-order valence-corrected chi connectivity index (χ3v) is 16.5. The van der Waals surface area contributed by atoms with Gasteiger partial charge in [0.2, 0.25) is 0 Å². The Morgan fingerprint density at radius 1 is 0.385 bits per heavy atom. The summed E-state index contributed by atoms with van der Waals surface area (Å²) in [5, 5.41) is 0. The minimum absolute atomic E-state index is 1.20. The molecule has 0 aliphatic heterocycles. The number of benzene rings is 5. The van der Waals surface area contributed by atoms with Gasteiger partial charge in [0.05, 0.1) is 0 Å². The topological polar surface area (TPSA) is 3.24 Å². The summed E-state index contributed by atoms with van der Waals surface area (Å²) in [4.78, 5) is 2.48. The predicted octanol–water partition coefficient (Wildman–Crippen LogP) is 15.9. The van der Waals surface area contributed by atoms with Crippen LogP contribution in [0.25, 0.3) is 22.3 Å². The van der Waals surface area contributed by atoms with Crippen molar-refractivity contribution in [2.75, 3.05) is 23.4 Å². The molecule has 0 bridgehead atoms. The van der Waals surface area contributed by atoms with E-state index < -0.39 is 7.26 Å². The van der Waals surface area contributed by atoms with Gasteiger partial charge in [-0.05, 0) is 0 Å². The molecule has 52 heavy (non-hydrogen) atoms. The van der Waals surface area contributed by atoms with Crippen LogP contribution in [-0.2, 0) is 6.16 Å². The molecule has 2 heteroatoms. The van der Waals surface area contributed by atoms with Crippen LogP contribution in [0.3, 0.4) is 0 Å². The first kappa shape index (κ1) is 39.5. The fourth-order valence-corrected chi connectivity index (χ4v) is 13.6. The van der Waals surface area contributed by atoms with Gasteiger partial charge in [-0.2, -0.15) is 0 Å². The molecule has 0 spiro atoms.